The Bertz CT molecular complexity index is 665. The first kappa shape index (κ1) is 13.4. The minimum atomic E-state index is -0.532. The van der Waals surface area contributed by atoms with E-state index >= 15 is 0 Å². The summed E-state index contributed by atoms with van der Waals surface area (Å²) in [5, 5.41) is 13.1. The minimum Gasteiger partial charge on any atom is -0.322 e. The Morgan fingerprint density at radius 1 is 1.15 bits per heavy atom. The van der Waals surface area contributed by atoms with Crippen molar-refractivity contribution < 1.29 is 14.5 Å². The Hall–Kier alpha value is -3.02. The molecule has 1 N–H and O–H groups in total. The molecule has 6 heteroatoms. The summed E-state index contributed by atoms with van der Waals surface area (Å²) in [6, 6.07) is 11.7. The van der Waals surface area contributed by atoms with E-state index in [0.717, 1.165) is 0 Å². The molecule has 0 aliphatic rings. The van der Waals surface area contributed by atoms with E-state index in [1.165, 1.54) is 30.3 Å². The number of nitro benzene ring substituents is 1. The lowest BCUT2D eigenvalue weighted by atomic mass is 10.1. The van der Waals surface area contributed by atoms with Gasteiger partial charge in [-0.2, -0.15) is 0 Å². The molecule has 0 fully saturated rings. The number of nitro groups is 1. The maximum absolute atomic E-state index is 11.9. The van der Waals surface area contributed by atoms with Crippen LogP contribution in [0, 0.1) is 10.1 Å². The molecule has 6 nitrogen and oxygen atoms in total. The third-order valence-electron chi connectivity index (χ3n) is 2.62. The number of hydrogen-bond acceptors (Lipinski definition) is 4. The van der Waals surface area contributed by atoms with Gasteiger partial charge in [0.05, 0.1) is 4.92 Å². The quantitative estimate of drug-likeness (QED) is 0.525. The number of nitrogens with zero attached hydrogens (tertiary/aromatic N) is 1. The molecule has 0 aromatic heterocycles. The summed E-state index contributed by atoms with van der Waals surface area (Å²) in [6.45, 7) is 0. The topological polar surface area (TPSA) is 89.3 Å². The molecule has 2 rings (SSSR count). The molecule has 0 radical (unpaired) electrons. The van der Waals surface area contributed by atoms with Crippen molar-refractivity contribution in [1.82, 2.24) is 0 Å². The van der Waals surface area contributed by atoms with Gasteiger partial charge >= 0.3 is 0 Å². The smallest absolute Gasteiger partial charge is 0.269 e. The van der Waals surface area contributed by atoms with Crippen molar-refractivity contribution in [2.24, 2.45) is 0 Å². The van der Waals surface area contributed by atoms with E-state index in [1.54, 1.807) is 18.2 Å². The van der Waals surface area contributed by atoms with Crippen LogP contribution in [0.4, 0.5) is 11.4 Å². The molecule has 20 heavy (non-hydrogen) atoms. The van der Waals surface area contributed by atoms with Crippen LogP contribution < -0.4 is 5.32 Å². The van der Waals surface area contributed by atoms with Crippen LogP contribution in [0.3, 0.4) is 0 Å². The number of hydrogen-bond donors (Lipinski definition) is 1. The van der Waals surface area contributed by atoms with E-state index in [4.69, 9.17) is 0 Å². The second-order valence-corrected chi connectivity index (χ2v) is 4.00. The van der Waals surface area contributed by atoms with Gasteiger partial charge < -0.3 is 5.32 Å². The average molecular weight is 270 g/mol. The summed E-state index contributed by atoms with van der Waals surface area (Å²) in [5.41, 5.74) is 1.15. The Kier molecular flexibility index (Phi) is 3.85. The SMILES string of the molecule is O=Cc1cccc(NC(=O)c2ccc([N+](=O)[O-])cc2)c1. The lowest BCUT2D eigenvalue weighted by Gasteiger charge is -2.05. The van der Waals surface area contributed by atoms with Gasteiger partial charge in [0.15, 0.2) is 0 Å². The first-order valence-electron chi connectivity index (χ1n) is 5.71. The first-order chi connectivity index (χ1) is 9.60. The summed E-state index contributed by atoms with van der Waals surface area (Å²) in [5.74, 6) is -0.400. The van der Waals surface area contributed by atoms with Crippen LogP contribution in [-0.4, -0.2) is 17.1 Å². The van der Waals surface area contributed by atoms with Crippen molar-refractivity contribution in [3.63, 3.8) is 0 Å². The molecule has 0 atom stereocenters. The second kappa shape index (κ2) is 5.75. The molecule has 1 amide bonds. The zero-order valence-corrected chi connectivity index (χ0v) is 10.3. The molecule has 100 valence electrons. The van der Waals surface area contributed by atoms with E-state index in [2.05, 4.69) is 5.32 Å². The summed E-state index contributed by atoms with van der Waals surface area (Å²) < 4.78 is 0. The highest BCUT2D eigenvalue weighted by Crippen LogP contribution is 2.14. The molecule has 0 unspecified atom stereocenters. The van der Waals surface area contributed by atoms with Crippen molar-refractivity contribution >= 4 is 23.6 Å². The van der Waals surface area contributed by atoms with Crippen LogP contribution >= 0.6 is 0 Å². The zero-order valence-electron chi connectivity index (χ0n) is 10.3. The predicted molar refractivity (Wildman–Crippen MR) is 72.9 cm³/mol. The van der Waals surface area contributed by atoms with Crippen LogP contribution in [0.1, 0.15) is 20.7 Å². The van der Waals surface area contributed by atoms with Gasteiger partial charge in [0.2, 0.25) is 0 Å². The lowest BCUT2D eigenvalue weighted by molar-refractivity contribution is -0.384. The molecular weight excluding hydrogens is 260 g/mol. The molecule has 0 aliphatic heterocycles. The van der Waals surface area contributed by atoms with Crippen LogP contribution in [0.15, 0.2) is 48.5 Å². The summed E-state index contributed by atoms with van der Waals surface area (Å²) in [6.07, 6.45) is 0.682. The fraction of sp³-hybridized carbons (Fsp3) is 0. The fourth-order valence-electron chi connectivity index (χ4n) is 1.63. The van der Waals surface area contributed by atoms with Crippen LogP contribution in [0.2, 0.25) is 0 Å². The van der Waals surface area contributed by atoms with Gasteiger partial charge in [-0.05, 0) is 24.3 Å². The van der Waals surface area contributed by atoms with Gasteiger partial charge in [-0.15, -0.1) is 0 Å². The molecule has 0 saturated heterocycles. The van der Waals surface area contributed by atoms with Crippen molar-refractivity contribution in [3.05, 3.63) is 69.8 Å². The first-order valence-corrected chi connectivity index (χ1v) is 5.71. The maximum atomic E-state index is 11.9. The van der Waals surface area contributed by atoms with Crippen LogP contribution in [0.5, 0.6) is 0 Å². The number of benzene rings is 2. The number of nitrogens with one attached hydrogen (secondary N) is 1. The Balaban J connectivity index is 2.15. The zero-order chi connectivity index (χ0) is 14.5. The third kappa shape index (κ3) is 3.05. The second-order valence-electron chi connectivity index (χ2n) is 4.00. The lowest BCUT2D eigenvalue weighted by Crippen LogP contribution is -2.11. The summed E-state index contributed by atoms with van der Waals surface area (Å²) in [4.78, 5) is 32.5. The highest BCUT2D eigenvalue weighted by molar-refractivity contribution is 6.04. The maximum Gasteiger partial charge on any atom is 0.269 e. The van der Waals surface area contributed by atoms with E-state index in [1.807, 2.05) is 0 Å². The number of aldehydes is 1. The molecule has 2 aromatic carbocycles. The van der Waals surface area contributed by atoms with E-state index in [9.17, 15) is 19.7 Å². The highest BCUT2D eigenvalue weighted by atomic mass is 16.6. The van der Waals surface area contributed by atoms with Gasteiger partial charge in [-0.25, -0.2) is 0 Å². The van der Waals surface area contributed by atoms with Crippen molar-refractivity contribution in [3.8, 4) is 0 Å². The van der Waals surface area contributed by atoms with E-state index < -0.39 is 10.8 Å². The standard InChI is InChI=1S/C14H10N2O4/c17-9-10-2-1-3-12(8-10)15-14(18)11-4-6-13(7-5-11)16(19)20/h1-9H,(H,15,18). The number of carbonyl (C=O) groups excluding carboxylic acids is 2. The molecule has 0 saturated carbocycles. The Labute approximate surface area is 114 Å². The van der Waals surface area contributed by atoms with Gasteiger partial charge in [-0.1, -0.05) is 12.1 Å². The van der Waals surface area contributed by atoms with Gasteiger partial charge in [0.25, 0.3) is 11.6 Å². The Morgan fingerprint density at radius 2 is 1.85 bits per heavy atom. The van der Waals surface area contributed by atoms with E-state index in [-0.39, 0.29) is 5.69 Å². The summed E-state index contributed by atoms with van der Waals surface area (Å²) in [7, 11) is 0. The molecule has 0 aliphatic carbocycles. The van der Waals surface area contributed by atoms with Gasteiger partial charge in [0.1, 0.15) is 6.29 Å². The fourth-order valence-corrected chi connectivity index (χ4v) is 1.63. The third-order valence-corrected chi connectivity index (χ3v) is 2.62. The number of carbonyl (C=O) groups is 2. The largest absolute Gasteiger partial charge is 0.322 e. The predicted octanol–water partition coefficient (Wildman–Crippen LogP) is 2.66. The molecule has 0 heterocycles. The van der Waals surface area contributed by atoms with Crippen molar-refractivity contribution in [1.29, 1.82) is 0 Å². The van der Waals surface area contributed by atoms with Crippen molar-refractivity contribution in [2.45, 2.75) is 0 Å². The van der Waals surface area contributed by atoms with Crippen LogP contribution in [-0.2, 0) is 0 Å². The highest BCUT2D eigenvalue weighted by Gasteiger charge is 2.09. The minimum absolute atomic E-state index is 0.0792. The molecular formula is C14H10N2O4. The molecule has 0 spiro atoms. The Morgan fingerprint density at radius 3 is 2.45 bits per heavy atom. The number of anilines is 1. The number of rotatable bonds is 4. The average Bonchev–Trinajstić information content (AvgIpc) is 2.47. The van der Waals surface area contributed by atoms with E-state index in [0.29, 0.717) is 23.1 Å². The van der Waals surface area contributed by atoms with Crippen LogP contribution in [0.25, 0.3) is 0 Å². The number of non-ortho nitro benzene ring substituents is 1. The van der Waals surface area contributed by atoms with Crippen molar-refractivity contribution in [2.75, 3.05) is 5.32 Å². The van der Waals surface area contributed by atoms with Gasteiger partial charge in [0, 0.05) is 28.9 Å². The van der Waals surface area contributed by atoms with Gasteiger partial charge in [-0.3, -0.25) is 19.7 Å². The normalized spacial score (nSPS) is 9.80. The number of amides is 1. The summed E-state index contributed by atoms with van der Waals surface area (Å²) >= 11 is 0. The molecule has 0 bridgehead atoms. The monoisotopic (exact) mass is 270 g/mol. The molecule has 2 aromatic rings.